The van der Waals surface area contributed by atoms with Crippen LogP contribution in [-0.4, -0.2) is 9.55 Å². The summed E-state index contributed by atoms with van der Waals surface area (Å²) in [5, 5.41) is 0. The lowest BCUT2D eigenvalue weighted by Crippen LogP contribution is -2.19. The van der Waals surface area contributed by atoms with Crippen LogP contribution in [0.1, 0.15) is 92.4 Å². The number of unbranched alkanes of at least 4 members (excludes halogenated alkanes) is 2. The van der Waals surface area contributed by atoms with E-state index in [0.29, 0.717) is 16.8 Å². The zero-order chi connectivity index (χ0) is 21.2. The first-order valence-corrected chi connectivity index (χ1v) is 12.3. The number of allylic oxidation sites excluding steroid dienone is 1. The molecule has 0 saturated heterocycles. The molecule has 0 amide bonds. The van der Waals surface area contributed by atoms with E-state index >= 15 is 0 Å². The Morgan fingerprint density at radius 3 is 2.37 bits per heavy atom. The van der Waals surface area contributed by atoms with Gasteiger partial charge in [-0.25, -0.2) is 4.98 Å². The molecule has 0 radical (unpaired) electrons. The molecule has 0 aliphatic carbocycles. The number of hydrogen-bond donors (Lipinski definition) is 0. The highest BCUT2D eigenvalue weighted by molar-refractivity contribution is 9.09. The number of aryl methyl sites for hydroxylation is 1. The summed E-state index contributed by atoms with van der Waals surface area (Å²) in [6, 6.07) is 11.0. The molecule has 1 aromatic carbocycles. The average molecular weight is 540 g/mol. The topological polar surface area (TPSA) is 17.8 Å². The predicted molar refractivity (Wildman–Crippen MR) is 140 cm³/mol. The first-order chi connectivity index (χ1) is 14.0. The number of benzene rings is 1. The Balaban J connectivity index is 0.00000450. The van der Waals surface area contributed by atoms with Crippen molar-refractivity contribution in [2.24, 2.45) is 5.92 Å². The third-order valence-corrected chi connectivity index (χ3v) is 6.98. The van der Waals surface area contributed by atoms with Crippen molar-refractivity contribution in [2.75, 3.05) is 0 Å². The molecule has 2 nitrogen and oxygen atoms in total. The van der Waals surface area contributed by atoms with Crippen molar-refractivity contribution in [3.63, 3.8) is 0 Å². The lowest BCUT2D eigenvalue weighted by Gasteiger charge is -2.28. The van der Waals surface area contributed by atoms with Gasteiger partial charge < -0.3 is 4.57 Å². The van der Waals surface area contributed by atoms with Gasteiger partial charge >= 0.3 is 0 Å². The third kappa shape index (κ3) is 7.37. The number of rotatable bonds is 13. The molecule has 0 N–H and O–H groups in total. The van der Waals surface area contributed by atoms with E-state index in [0.717, 1.165) is 25.0 Å². The minimum atomic E-state index is 0. The van der Waals surface area contributed by atoms with Gasteiger partial charge in [0.2, 0.25) is 0 Å². The van der Waals surface area contributed by atoms with Gasteiger partial charge in [0.25, 0.3) is 0 Å². The Morgan fingerprint density at radius 2 is 1.77 bits per heavy atom. The molecule has 0 aliphatic rings. The Bertz CT molecular complexity index is 739. The largest absolute Gasteiger partial charge is 0.319 e. The van der Waals surface area contributed by atoms with E-state index in [2.05, 4.69) is 91.2 Å². The van der Waals surface area contributed by atoms with Crippen molar-refractivity contribution in [2.45, 2.75) is 89.9 Å². The summed E-state index contributed by atoms with van der Waals surface area (Å²) in [5.74, 6) is 2.28. The lowest BCUT2D eigenvalue weighted by molar-refractivity contribution is 0.381. The maximum absolute atomic E-state index is 5.03. The number of halogens is 2. The van der Waals surface area contributed by atoms with E-state index in [4.69, 9.17) is 4.98 Å². The Kier molecular flexibility index (Phi) is 12.9. The molecule has 0 spiro atoms. The smallest absolute Gasteiger partial charge is 0.110 e. The second-order valence-corrected chi connectivity index (χ2v) is 9.35. The fourth-order valence-electron chi connectivity index (χ4n) is 4.43. The maximum Gasteiger partial charge on any atom is 0.110 e. The van der Waals surface area contributed by atoms with E-state index in [1.165, 1.54) is 49.2 Å². The van der Waals surface area contributed by atoms with E-state index in [-0.39, 0.29) is 17.0 Å². The van der Waals surface area contributed by atoms with Crippen LogP contribution in [0.5, 0.6) is 0 Å². The van der Waals surface area contributed by atoms with Gasteiger partial charge in [0.05, 0.1) is 10.6 Å². The molecule has 1 aromatic heterocycles. The number of aromatic nitrogens is 2. The zero-order valence-corrected chi connectivity index (χ0v) is 22.5. The second kappa shape index (κ2) is 14.2. The standard InChI is InChI=1S/C26H39BrN2.BrH/c1-6-9-11-18-25(27)29-21(5)20(4)28-26(29)19-24(22(14-7-2)15-8-3)23-16-12-10-13-17-23;/h7,10,12-13,16-17,22,24-25H,2,6,8-9,11,14-15,18-19H2,1,3-5H3;1H. The van der Waals surface area contributed by atoms with Gasteiger partial charge in [-0.1, -0.05) is 91.9 Å². The quantitative estimate of drug-likeness (QED) is 0.141. The maximum atomic E-state index is 5.03. The molecule has 2 rings (SSSR count). The van der Waals surface area contributed by atoms with Gasteiger partial charge in [0.15, 0.2) is 0 Å². The van der Waals surface area contributed by atoms with Gasteiger partial charge in [0, 0.05) is 12.1 Å². The van der Waals surface area contributed by atoms with E-state index in [9.17, 15) is 0 Å². The summed E-state index contributed by atoms with van der Waals surface area (Å²) in [6.07, 6.45) is 11.5. The average Bonchev–Trinajstić information content (AvgIpc) is 3.00. The molecule has 4 heteroatoms. The van der Waals surface area contributed by atoms with E-state index in [1.54, 1.807) is 0 Å². The number of alkyl halides is 1. The molecule has 168 valence electrons. The first-order valence-electron chi connectivity index (χ1n) is 11.4. The van der Waals surface area contributed by atoms with Gasteiger partial charge in [-0.3, -0.25) is 0 Å². The number of hydrogen-bond acceptors (Lipinski definition) is 1. The van der Waals surface area contributed by atoms with E-state index < -0.39 is 0 Å². The third-order valence-electron chi connectivity index (χ3n) is 6.11. The first kappa shape index (κ1) is 27.2. The highest BCUT2D eigenvalue weighted by Crippen LogP contribution is 2.36. The second-order valence-electron chi connectivity index (χ2n) is 8.29. The summed E-state index contributed by atoms with van der Waals surface area (Å²) in [4.78, 5) is 5.36. The van der Waals surface area contributed by atoms with Crippen LogP contribution >= 0.6 is 32.9 Å². The monoisotopic (exact) mass is 538 g/mol. The molecule has 30 heavy (non-hydrogen) atoms. The molecule has 0 saturated carbocycles. The Hall–Kier alpha value is -0.870. The van der Waals surface area contributed by atoms with Gasteiger partial charge in [-0.2, -0.15) is 0 Å². The Morgan fingerprint density at radius 1 is 1.07 bits per heavy atom. The number of imidazole rings is 1. The highest BCUT2D eigenvalue weighted by Gasteiger charge is 2.26. The van der Waals surface area contributed by atoms with Crippen LogP contribution in [0.2, 0.25) is 0 Å². The fourth-order valence-corrected chi connectivity index (χ4v) is 5.29. The van der Waals surface area contributed by atoms with Crippen molar-refractivity contribution in [3.8, 4) is 0 Å². The van der Waals surface area contributed by atoms with Gasteiger partial charge in [0.1, 0.15) is 5.82 Å². The van der Waals surface area contributed by atoms with E-state index in [1.807, 2.05) is 0 Å². The molecule has 1 heterocycles. The van der Waals surface area contributed by atoms with Crippen LogP contribution in [0.15, 0.2) is 43.0 Å². The van der Waals surface area contributed by atoms with Gasteiger partial charge in [-0.05, 0) is 50.5 Å². The molecule has 0 fully saturated rings. The van der Waals surface area contributed by atoms with Crippen molar-refractivity contribution >= 4 is 32.9 Å². The van der Waals surface area contributed by atoms with Crippen molar-refractivity contribution in [3.05, 3.63) is 65.8 Å². The summed E-state index contributed by atoms with van der Waals surface area (Å²) < 4.78 is 2.46. The summed E-state index contributed by atoms with van der Waals surface area (Å²) in [6.45, 7) is 13.0. The summed E-state index contributed by atoms with van der Waals surface area (Å²) >= 11 is 3.98. The summed E-state index contributed by atoms with van der Waals surface area (Å²) in [7, 11) is 0. The normalized spacial score (nSPS) is 14.0. The van der Waals surface area contributed by atoms with Crippen molar-refractivity contribution < 1.29 is 0 Å². The molecule has 3 unspecified atom stereocenters. The molecule has 0 bridgehead atoms. The molecule has 3 atom stereocenters. The molecule has 2 aromatic rings. The predicted octanol–water partition coefficient (Wildman–Crippen LogP) is 8.87. The van der Waals surface area contributed by atoms with Crippen LogP contribution in [0, 0.1) is 19.8 Å². The van der Waals surface area contributed by atoms with Gasteiger partial charge in [-0.15, -0.1) is 23.6 Å². The lowest BCUT2D eigenvalue weighted by atomic mass is 9.79. The van der Waals surface area contributed by atoms with Crippen LogP contribution in [0.25, 0.3) is 0 Å². The minimum Gasteiger partial charge on any atom is -0.319 e. The molecular weight excluding hydrogens is 500 g/mol. The highest BCUT2D eigenvalue weighted by atomic mass is 79.9. The fraction of sp³-hybridized carbons (Fsp3) is 0.577. The summed E-state index contributed by atoms with van der Waals surface area (Å²) in [5.41, 5.74) is 3.87. The van der Waals surface area contributed by atoms with Crippen LogP contribution in [-0.2, 0) is 6.42 Å². The van der Waals surface area contributed by atoms with Crippen molar-refractivity contribution in [1.82, 2.24) is 9.55 Å². The van der Waals surface area contributed by atoms with Crippen LogP contribution in [0.4, 0.5) is 0 Å². The molecule has 0 aliphatic heterocycles. The van der Waals surface area contributed by atoms with Crippen LogP contribution in [0.3, 0.4) is 0 Å². The van der Waals surface area contributed by atoms with Crippen molar-refractivity contribution in [1.29, 1.82) is 0 Å². The minimum absolute atomic E-state index is 0. The zero-order valence-electron chi connectivity index (χ0n) is 19.2. The van der Waals surface area contributed by atoms with Crippen LogP contribution < -0.4 is 0 Å². The Labute approximate surface area is 203 Å². The SMILES string of the molecule is Br.C=CCC(CCC)C(Cc1nc(C)c(C)n1C(Br)CCCCC)c1ccccc1. The number of nitrogens with zero attached hydrogens (tertiary/aromatic N) is 2. The molecular formula is C26H40Br2N2.